The van der Waals surface area contributed by atoms with Crippen LogP contribution in [0.5, 0.6) is 0 Å². The van der Waals surface area contributed by atoms with Crippen molar-refractivity contribution in [1.29, 1.82) is 0 Å². The lowest BCUT2D eigenvalue weighted by atomic mass is 9.85. The van der Waals surface area contributed by atoms with Gasteiger partial charge in [-0.1, -0.05) is 30.3 Å². The zero-order chi connectivity index (χ0) is 19.4. The summed E-state index contributed by atoms with van der Waals surface area (Å²) in [6.07, 6.45) is 1.16. The highest BCUT2D eigenvalue weighted by Gasteiger charge is 2.57. The highest BCUT2D eigenvalue weighted by atomic mass is 16.5. The van der Waals surface area contributed by atoms with Crippen LogP contribution in [0.4, 0.5) is 4.79 Å². The molecule has 0 bridgehead atoms. The van der Waals surface area contributed by atoms with Gasteiger partial charge in [-0.15, -0.1) is 0 Å². The van der Waals surface area contributed by atoms with Gasteiger partial charge in [0.2, 0.25) is 0 Å². The van der Waals surface area contributed by atoms with E-state index < -0.39 is 5.54 Å². The van der Waals surface area contributed by atoms with E-state index in [9.17, 15) is 14.7 Å². The molecule has 0 saturated carbocycles. The molecular formula is C20H29N3O4. The number of carbonyl (C=O) groups excluding carboxylic acids is 2. The quantitative estimate of drug-likeness (QED) is 0.728. The maximum Gasteiger partial charge on any atom is 0.328 e. The van der Waals surface area contributed by atoms with Gasteiger partial charge < -0.3 is 14.7 Å². The average Bonchev–Trinajstić information content (AvgIpc) is 2.89. The molecule has 2 saturated heterocycles. The summed E-state index contributed by atoms with van der Waals surface area (Å²) in [7, 11) is 1.57. The number of urea groups is 1. The van der Waals surface area contributed by atoms with Crippen molar-refractivity contribution in [3.63, 3.8) is 0 Å². The van der Waals surface area contributed by atoms with Gasteiger partial charge >= 0.3 is 6.03 Å². The molecule has 3 rings (SSSR count). The van der Waals surface area contributed by atoms with Gasteiger partial charge in [-0.05, 0) is 25.3 Å². The van der Waals surface area contributed by atoms with E-state index in [0.717, 1.165) is 5.56 Å². The molecule has 1 atom stereocenters. The van der Waals surface area contributed by atoms with Gasteiger partial charge in [0.05, 0.1) is 19.8 Å². The first-order chi connectivity index (χ1) is 13.0. The lowest BCUT2D eigenvalue weighted by Crippen LogP contribution is -2.57. The molecule has 1 aromatic carbocycles. The lowest BCUT2D eigenvalue weighted by Gasteiger charge is -2.43. The largest absolute Gasteiger partial charge is 0.395 e. The Bertz CT molecular complexity index is 658. The number of hydrogen-bond donors (Lipinski definition) is 1. The first-order valence-corrected chi connectivity index (χ1v) is 9.55. The van der Waals surface area contributed by atoms with Gasteiger partial charge in [-0.3, -0.25) is 14.6 Å². The van der Waals surface area contributed by atoms with Crippen LogP contribution in [0.25, 0.3) is 0 Å². The molecule has 7 heteroatoms. The first-order valence-electron chi connectivity index (χ1n) is 9.55. The molecule has 0 radical (unpaired) electrons. The van der Waals surface area contributed by atoms with Crippen molar-refractivity contribution in [1.82, 2.24) is 14.7 Å². The number of rotatable bonds is 7. The van der Waals surface area contributed by atoms with Crippen LogP contribution in [0.2, 0.25) is 0 Å². The number of ether oxygens (including phenoxy) is 1. The minimum Gasteiger partial charge on any atom is -0.395 e. The topological polar surface area (TPSA) is 73.3 Å². The monoisotopic (exact) mass is 375 g/mol. The Morgan fingerprint density at radius 1 is 1.19 bits per heavy atom. The van der Waals surface area contributed by atoms with Crippen LogP contribution in [0.3, 0.4) is 0 Å². The van der Waals surface area contributed by atoms with E-state index in [1.54, 1.807) is 12.0 Å². The Morgan fingerprint density at radius 2 is 1.85 bits per heavy atom. The Labute approximate surface area is 160 Å². The summed E-state index contributed by atoms with van der Waals surface area (Å²) in [5, 5.41) is 9.43. The standard InChI is InChI=1S/C20H29N3O4/c1-16(15-24)21-10-8-20(9-11-21)18(25)22(12-13-27-2)19(26)23(20)14-17-6-4-3-5-7-17/h3-7,16,24H,8-15H2,1-2H3/t16-/m0/s1. The summed E-state index contributed by atoms with van der Waals surface area (Å²) < 4.78 is 5.09. The molecule has 2 fully saturated rings. The van der Waals surface area contributed by atoms with Crippen LogP contribution in [-0.4, -0.2) is 83.3 Å². The molecule has 148 valence electrons. The maximum absolute atomic E-state index is 13.3. The predicted molar refractivity (Wildman–Crippen MR) is 101 cm³/mol. The van der Waals surface area contributed by atoms with Crippen molar-refractivity contribution in [2.24, 2.45) is 0 Å². The minimum atomic E-state index is -0.799. The molecule has 0 aromatic heterocycles. The third-order valence-electron chi connectivity index (χ3n) is 5.84. The lowest BCUT2D eigenvalue weighted by molar-refractivity contribution is -0.136. The number of hydrogen-bond acceptors (Lipinski definition) is 5. The number of amides is 3. The number of benzene rings is 1. The first kappa shape index (κ1) is 19.8. The SMILES string of the molecule is COCCN1C(=O)N(Cc2ccccc2)C2(CCN([C@@H](C)CO)CC2)C1=O. The summed E-state index contributed by atoms with van der Waals surface area (Å²) in [6.45, 7) is 4.47. The van der Waals surface area contributed by atoms with Crippen molar-refractivity contribution in [2.75, 3.05) is 40.0 Å². The van der Waals surface area contributed by atoms with Crippen molar-refractivity contribution in [3.05, 3.63) is 35.9 Å². The van der Waals surface area contributed by atoms with Crippen LogP contribution in [-0.2, 0) is 16.1 Å². The number of imide groups is 1. The molecule has 0 aliphatic carbocycles. The summed E-state index contributed by atoms with van der Waals surface area (Å²) in [6, 6.07) is 9.61. The average molecular weight is 375 g/mol. The highest BCUT2D eigenvalue weighted by molar-refractivity contribution is 6.07. The van der Waals surface area contributed by atoms with Gasteiger partial charge in [-0.2, -0.15) is 0 Å². The van der Waals surface area contributed by atoms with Crippen LogP contribution in [0.1, 0.15) is 25.3 Å². The molecule has 2 aliphatic rings. The molecule has 3 amide bonds. The molecule has 1 aromatic rings. The van der Waals surface area contributed by atoms with Crippen molar-refractivity contribution < 1.29 is 19.4 Å². The van der Waals surface area contributed by atoms with Gasteiger partial charge in [0.15, 0.2) is 0 Å². The fourth-order valence-corrected chi connectivity index (χ4v) is 4.08. The van der Waals surface area contributed by atoms with Crippen LogP contribution < -0.4 is 0 Å². The molecule has 2 heterocycles. The molecular weight excluding hydrogens is 346 g/mol. The summed E-state index contributed by atoms with van der Waals surface area (Å²) in [5.41, 5.74) is 0.213. The molecule has 1 N–H and O–H groups in total. The normalized spacial score (nSPS) is 21.3. The van der Waals surface area contributed by atoms with Crippen LogP contribution in [0, 0.1) is 0 Å². The van der Waals surface area contributed by atoms with E-state index in [1.165, 1.54) is 4.90 Å². The number of methoxy groups -OCH3 is 1. The van der Waals surface area contributed by atoms with Crippen LogP contribution in [0.15, 0.2) is 30.3 Å². The molecule has 0 unspecified atom stereocenters. The fraction of sp³-hybridized carbons (Fsp3) is 0.600. The van der Waals surface area contributed by atoms with Gasteiger partial charge in [0.1, 0.15) is 5.54 Å². The molecule has 27 heavy (non-hydrogen) atoms. The van der Waals surface area contributed by atoms with Gasteiger partial charge in [-0.25, -0.2) is 4.79 Å². The Balaban J connectivity index is 1.85. The third-order valence-corrected chi connectivity index (χ3v) is 5.84. The molecule has 1 spiro atoms. The van der Waals surface area contributed by atoms with Crippen molar-refractivity contribution in [3.8, 4) is 0 Å². The number of aliphatic hydroxyl groups excluding tert-OH is 1. The van der Waals surface area contributed by atoms with E-state index in [1.807, 2.05) is 37.3 Å². The number of piperidine rings is 1. The summed E-state index contributed by atoms with van der Waals surface area (Å²) in [5.74, 6) is -0.114. The van der Waals surface area contributed by atoms with E-state index in [4.69, 9.17) is 4.74 Å². The second kappa shape index (κ2) is 8.37. The fourth-order valence-electron chi connectivity index (χ4n) is 4.08. The number of carbonyl (C=O) groups is 2. The number of nitrogens with zero attached hydrogens (tertiary/aromatic N) is 3. The van der Waals surface area contributed by atoms with E-state index in [0.29, 0.717) is 39.1 Å². The zero-order valence-corrected chi connectivity index (χ0v) is 16.1. The second-order valence-corrected chi connectivity index (χ2v) is 7.40. The second-order valence-electron chi connectivity index (χ2n) is 7.40. The molecule has 7 nitrogen and oxygen atoms in total. The Kier molecular flexibility index (Phi) is 6.14. The van der Waals surface area contributed by atoms with Crippen LogP contribution >= 0.6 is 0 Å². The number of aliphatic hydroxyl groups is 1. The minimum absolute atomic E-state index is 0.0572. The summed E-state index contributed by atoms with van der Waals surface area (Å²) in [4.78, 5) is 31.7. The van der Waals surface area contributed by atoms with Crippen molar-refractivity contribution >= 4 is 11.9 Å². The Hall–Kier alpha value is -1.96. The Morgan fingerprint density at radius 3 is 2.44 bits per heavy atom. The van der Waals surface area contributed by atoms with Gasteiger partial charge in [0.25, 0.3) is 5.91 Å². The predicted octanol–water partition coefficient (Wildman–Crippen LogP) is 1.31. The van der Waals surface area contributed by atoms with E-state index >= 15 is 0 Å². The van der Waals surface area contributed by atoms with Gasteiger partial charge in [0, 0.05) is 32.8 Å². The van der Waals surface area contributed by atoms with E-state index in [2.05, 4.69) is 4.90 Å². The molecule has 2 aliphatic heterocycles. The number of likely N-dealkylation sites (tertiary alicyclic amines) is 1. The third kappa shape index (κ3) is 3.72. The van der Waals surface area contributed by atoms with E-state index in [-0.39, 0.29) is 31.1 Å². The summed E-state index contributed by atoms with van der Waals surface area (Å²) >= 11 is 0. The highest BCUT2D eigenvalue weighted by Crippen LogP contribution is 2.38. The zero-order valence-electron chi connectivity index (χ0n) is 16.1. The maximum atomic E-state index is 13.3. The van der Waals surface area contributed by atoms with Crippen molar-refractivity contribution in [2.45, 2.75) is 37.9 Å². The smallest absolute Gasteiger partial charge is 0.328 e.